The molecule has 0 aliphatic heterocycles. The Morgan fingerprint density at radius 2 is 0.440 bits per heavy atom. The van der Waals surface area contributed by atoms with Gasteiger partial charge in [0.2, 0.25) is 0 Å². The third-order valence-corrected chi connectivity index (χ3v) is 28.4. The zero-order chi connectivity index (χ0) is 116. The Labute approximate surface area is 899 Å². The summed E-state index contributed by atoms with van der Waals surface area (Å²) in [6, 6.07) is 56.2. The van der Waals surface area contributed by atoms with Gasteiger partial charge >= 0.3 is 47.8 Å². The summed E-state index contributed by atoms with van der Waals surface area (Å²) < 4.78 is 42.7. The van der Waals surface area contributed by atoms with Crippen molar-refractivity contribution in [2.24, 2.45) is 55.2 Å². The molecule has 24 heteroatoms. The van der Waals surface area contributed by atoms with Crippen molar-refractivity contribution in [2.75, 3.05) is 0 Å². The number of carbonyl (C=O) groups excluding carboxylic acids is 8. The number of benzene rings is 8. The van der Waals surface area contributed by atoms with Crippen LogP contribution >= 0.6 is 0 Å². The average Bonchev–Trinajstić information content (AvgIpc) is 0.804. The number of hydrogen-bond acceptors (Lipinski definition) is 24. The van der Waals surface area contributed by atoms with Gasteiger partial charge in [0.1, 0.15) is 46.0 Å². The number of aliphatic hydroxyl groups excluding tert-OH is 4. The van der Waals surface area contributed by atoms with Crippen molar-refractivity contribution in [3.05, 3.63) is 239 Å². The quantitative estimate of drug-likeness (QED) is 0.0131. The molecule has 0 bridgehead atoms. The Bertz CT molecular complexity index is 5340. The van der Waals surface area contributed by atoms with Crippen molar-refractivity contribution >= 4 is 47.8 Å². The van der Waals surface area contributed by atoms with Crippen LogP contribution in [0.25, 0.3) is 0 Å². The van der Waals surface area contributed by atoms with E-state index in [-0.39, 0.29) is 59.6 Å². The third-order valence-electron chi connectivity index (χ3n) is 28.4. The van der Waals surface area contributed by atoms with Crippen molar-refractivity contribution in [2.45, 2.75) is 400 Å². The molecule has 150 heavy (non-hydrogen) atoms. The van der Waals surface area contributed by atoms with Crippen molar-refractivity contribution in [3.8, 4) is 46.0 Å². The molecular weight excluding hydrogens is 1900 g/mol. The Hall–Kier alpha value is -10.8. The Morgan fingerprint density at radius 3 is 0.627 bits per heavy atom. The molecule has 7 unspecified atom stereocenters. The molecule has 0 saturated carbocycles. The van der Waals surface area contributed by atoms with Gasteiger partial charge in [0.25, 0.3) is 0 Å². The van der Waals surface area contributed by atoms with Gasteiger partial charge in [-0.3, -0.25) is 38.4 Å². The van der Waals surface area contributed by atoms with E-state index in [0.717, 1.165) is 115 Å². The zero-order valence-corrected chi connectivity index (χ0v) is 97.9. The average molecular weight is 2090 g/mol. The van der Waals surface area contributed by atoms with E-state index >= 15 is 0 Å². The van der Waals surface area contributed by atoms with Crippen molar-refractivity contribution in [3.63, 3.8) is 0 Å². The third kappa shape index (κ3) is 46.0. The van der Waals surface area contributed by atoms with Gasteiger partial charge in [-0.15, -0.1) is 0 Å². The summed E-state index contributed by atoms with van der Waals surface area (Å²) in [5.74, 6) is 2.57. The highest BCUT2D eigenvalue weighted by Crippen LogP contribution is 2.38. The summed E-state index contributed by atoms with van der Waals surface area (Å²) in [4.78, 5) is 95.3. The molecule has 0 radical (unpaired) electrons. The molecule has 0 spiro atoms. The van der Waals surface area contributed by atoms with E-state index in [0.29, 0.717) is 65.3 Å². The smallest absolute Gasteiger partial charge is 0.316 e. The number of hydrogen-bond donors (Lipinski definition) is 8. The minimum atomic E-state index is -0.884. The summed E-state index contributed by atoms with van der Waals surface area (Å²) in [5.41, 5.74) is -0.634. The minimum Gasteiger partial charge on any atom is -0.426 e. The second-order valence-electron chi connectivity index (χ2n) is 45.5. The SMILES string of the molecule is CCC(C)(C)C(=O)Oc1ccc(C(C)(C)O)cc1.CCC(C)(C)C(=O)Oc1ccc(C(C)(O)C(C)C)cc1.CCC(C)(C)C(=O)Oc1ccc(C(C)(O)CC)cc1.CCC(C)(C)C(=O)Oc1ccc(C(C)O)cc1.CCC(C)(C)C(=O)Oc1ccc(C(O)C(C)C)cc1.CCC(O)c1ccc(OC(=O)C(C)(C)CC)cc1.CCCC(C)(O)c1ccc(OC(=O)C(C)(C)CC)cc1.CCCC(O)c1ccc(OC(=O)C(C)(C)CC)cc1. The van der Waals surface area contributed by atoms with Crippen LogP contribution in [0, 0.1) is 55.2 Å². The molecule has 8 N–H and O–H groups in total. The number of ether oxygens (including phenoxy) is 8. The fourth-order valence-electron chi connectivity index (χ4n) is 12.0. The predicted molar refractivity (Wildman–Crippen MR) is 599 cm³/mol. The van der Waals surface area contributed by atoms with E-state index in [2.05, 4.69) is 0 Å². The maximum absolute atomic E-state index is 12.0. The standard InChI is InChI=1S/2C17H26O3.3C16H24O3.2C15H22O3.C14H20O3/c1-7-16(4,5)15(18)20-14-10-8-13(9-11-14)17(6,19)12(2)3;1-6-12-17(5,19)13-8-10-14(11-9-13)20-15(18)16(3,4)7-2;1-6-16(4,5)15(18)19-13-9-7-12(8-10-13)14(17)11(2)3;1-6-15(3,4)14(17)19-13-10-8-12(9-11-13)16(5,18)7-2;1-5-7-14(17)12-8-10-13(11-9-12)19-15(18)16(3,4)6-2;1-6-14(2,3)13(16)18-12-9-7-11(8-10-12)15(4,5)17;1-5-13(16)11-7-9-12(10-8-11)18-14(17)15(3,4)6-2;1-5-14(3,4)13(16)17-12-8-6-11(7-9-12)10(2)15/h8-12,19H,7H2,1-6H3;8-11,19H,6-7,12H2,1-5H3;7-11,14,17H,6H2,1-5H3;8-11,18H,6-7H2,1-5H3;8-11,14,17H,5-7H2,1-4H3;7-10,17H,6H2,1-5H3;7-10,13,16H,5-6H2,1-4H3;6-10,15H,5H2,1-4H3. The summed E-state index contributed by atoms with van der Waals surface area (Å²) in [5, 5.41) is 79.5. The van der Waals surface area contributed by atoms with E-state index in [4.69, 9.17) is 37.9 Å². The van der Waals surface area contributed by atoms with Crippen molar-refractivity contribution < 1.29 is 117 Å². The van der Waals surface area contributed by atoms with E-state index in [1.54, 1.807) is 199 Å². The predicted octanol–water partition coefficient (Wildman–Crippen LogP) is 29.0. The normalized spacial score (nSPS) is 13.8. The highest BCUT2D eigenvalue weighted by molar-refractivity contribution is 5.82. The van der Waals surface area contributed by atoms with E-state index in [1.807, 2.05) is 258 Å². The molecule has 8 aromatic carbocycles. The van der Waals surface area contributed by atoms with Gasteiger partial charge in [-0.1, -0.05) is 221 Å². The lowest BCUT2D eigenvalue weighted by Gasteiger charge is -2.28. The second-order valence-corrected chi connectivity index (χ2v) is 45.5. The van der Waals surface area contributed by atoms with E-state index in [9.17, 15) is 79.2 Å². The summed E-state index contributed by atoms with van der Waals surface area (Å²) in [6.07, 6.45) is 8.55. The number of aliphatic hydroxyl groups is 8. The molecular formula is C126H188O24. The maximum Gasteiger partial charge on any atom is 0.316 e. The van der Waals surface area contributed by atoms with Crippen LogP contribution in [-0.4, -0.2) is 88.6 Å². The fourth-order valence-corrected chi connectivity index (χ4v) is 12.0. The topological polar surface area (TPSA) is 372 Å². The first-order valence-electron chi connectivity index (χ1n) is 53.4. The van der Waals surface area contributed by atoms with Crippen LogP contribution in [0.15, 0.2) is 194 Å². The zero-order valence-electron chi connectivity index (χ0n) is 97.9. The van der Waals surface area contributed by atoms with Gasteiger partial charge in [-0.2, -0.15) is 0 Å². The Morgan fingerprint density at radius 1 is 0.240 bits per heavy atom. The molecule has 836 valence electrons. The summed E-state index contributed by atoms with van der Waals surface area (Å²) in [6.45, 7) is 71.8. The highest BCUT2D eigenvalue weighted by Gasteiger charge is 2.37. The second kappa shape index (κ2) is 61.8. The fraction of sp³-hybridized carbons (Fsp3) is 0.556. The Kier molecular flexibility index (Phi) is 56.5. The minimum absolute atomic E-state index is 0.106. The molecule has 0 saturated heterocycles. The maximum atomic E-state index is 12.0. The van der Waals surface area contributed by atoms with Crippen LogP contribution < -0.4 is 37.9 Å². The molecule has 7 atom stereocenters. The largest absolute Gasteiger partial charge is 0.426 e. The number of carbonyl (C=O) groups is 8. The molecule has 24 nitrogen and oxygen atoms in total. The number of esters is 8. The summed E-state index contributed by atoms with van der Waals surface area (Å²) >= 11 is 0. The van der Waals surface area contributed by atoms with Gasteiger partial charge in [0.05, 0.1) is 90.1 Å². The highest BCUT2D eigenvalue weighted by atomic mass is 16.6. The first-order chi connectivity index (χ1) is 69.2. The van der Waals surface area contributed by atoms with Gasteiger partial charge in [-0.25, -0.2) is 0 Å². The van der Waals surface area contributed by atoms with Gasteiger partial charge in [0.15, 0.2) is 0 Å². The van der Waals surface area contributed by atoms with Crippen LogP contribution in [-0.2, 0) is 60.8 Å². The lowest BCUT2D eigenvalue weighted by Crippen LogP contribution is -2.29. The molecule has 0 amide bonds. The van der Waals surface area contributed by atoms with Crippen LogP contribution in [0.3, 0.4) is 0 Å². The lowest BCUT2D eigenvalue weighted by molar-refractivity contribution is -0.144. The van der Waals surface area contributed by atoms with E-state index < -0.39 is 90.1 Å². The van der Waals surface area contributed by atoms with Crippen molar-refractivity contribution in [1.29, 1.82) is 0 Å². The molecule has 0 aromatic heterocycles. The van der Waals surface area contributed by atoms with Crippen LogP contribution in [0.1, 0.15) is 422 Å². The molecule has 0 aliphatic carbocycles. The molecule has 0 aliphatic rings. The van der Waals surface area contributed by atoms with Gasteiger partial charge < -0.3 is 78.7 Å². The van der Waals surface area contributed by atoms with Crippen LogP contribution in [0.2, 0.25) is 0 Å². The monoisotopic (exact) mass is 2090 g/mol. The molecule has 0 fully saturated rings. The van der Waals surface area contributed by atoms with Gasteiger partial charge in [0, 0.05) is 0 Å². The number of rotatable bonds is 40. The molecule has 8 rings (SSSR count). The molecule has 8 aromatic rings. The lowest BCUT2D eigenvalue weighted by atomic mass is 9.85. The van der Waals surface area contributed by atoms with Gasteiger partial charge in [-0.05, 0) is 383 Å². The van der Waals surface area contributed by atoms with Crippen LogP contribution in [0.4, 0.5) is 0 Å². The molecule has 0 heterocycles. The summed E-state index contributed by atoms with van der Waals surface area (Å²) in [7, 11) is 0. The van der Waals surface area contributed by atoms with Crippen LogP contribution in [0.5, 0.6) is 46.0 Å². The van der Waals surface area contributed by atoms with Crippen molar-refractivity contribution in [1.82, 2.24) is 0 Å². The Balaban J connectivity index is 0.000000858. The first-order valence-corrected chi connectivity index (χ1v) is 53.4. The first kappa shape index (κ1) is 137. The van der Waals surface area contributed by atoms with E-state index in [1.165, 1.54) is 0 Å².